The first-order valence-corrected chi connectivity index (χ1v) is 6.86. The van der Waals surface area contributed by atoms with E-state index in [0.717, 1.165) is 18.7 Å². The maximum atomic E-state index is 11.5. The van der Waals surface area contributed by atoms with E-state index in [2.05, 4.69) is 15.5 Å². The van der Waals surface area contributed by atoms with Crippen LogP contribution in [0.5, 0.6) is 0 Å². The fraction of sp³-hybridized carbons (Fsp3) is 0.357. The average molecular weight is 287 g/mol. The molecule has 21 heavy (non-hydrogen) atoms. The lowest BCUT2D eigenvalue weighted by Crippen LogP contribution is -2.56. The number of carbonyl (C=O) groups excluding carboxylic acids is 1. The summed E-state index contributed by atoms with van der Waals surface area (Å²) in [4.78, 5) is 17.8. The highest BCUT2D eigenvalue weighted by atomic mass is 16.5. The molecule has 1 unspecified atom stereocenters. The van der Waals surface area contributed by atoms with Crippen molar-refractivity contribution in [1.29, 1.82) is 0 Å². The van der Waals surface area contributed by atoms with Gasteiger partial charge in [0, 0.05) is 25.2 Å². The van der Waals surface area contributed by atoms with Crippen molar-refractivity contribution in [3.05, 3.63) is 36.2 Å². The third kappa shape index (κ3) is 3.09. The molecule has 1 atom stereocenters. The van der Waals surface area contributed by atoms with Crippen molar-refractivity contribution in [1.82, 2.24) is 20.4 Å². The molecule has 2 heterocycles. The van der Waals surface area contributed by atoms with Crippen LogP contribution in [0.2, 0.25) is 0 Å². The molecule has 3 N–H and O–H groups in total. The van der Waals surface area contributed by atoms with E-state index in [1.54, 1.807) is 0 Å². The van der Waals surface area contributed by atoms with Crippen LogP contribution in [0, 0.1) is 0 Å². The summed E-state index contributed by atoms with van der Waals surface area (Å²) in [5, 5.41) is 7.13. The Hall–Kier alpha value is -2.25. The Morgan fingerprint density at radius 3 is 3.00 bits per heavy atom. The molecule has 1 aliphatic rings. The molecule has 1 amide bonds. The third-order valence-electron chi connectivity index (χ3n) is 3.52. The van der Waals surface area contributed by atoms with Crippen LogP contribution in [0.4, 0.5) is 0 Å². The number of piperazine rings is 1. The molecule has 2 aromatic rings. The molecule has 110 valence electrons. The first kappa shape index (κ1) is 13.7. The zero-order chi connectivity index (χ0) is 14.7. The standard InChI is InChI=1S/C14H17N5O2/c15-13(20)11-8-16-6-7-19(11)9-12-17-14(18-21-12)10-4-2-1-3-5-10/h1-5,11,16H,6-9H2,(H2,15,20). The summed E-state index contributed by atoms with van der Waals surface area (Å²) in [6.45, 7) is 2.50. The molecule has 0 aliphatic carbocycles. The molecule has 1 aromatic carbocycles. The van der Waals surface area contributed by atoms with Crippen LogP contribution in [-0.4, -0.2) is 46.6 Å². The number of benzene rings is 1. The largest absolute Gasteiger partial charge is 0.368 e. The maximum absolute atomic E-state index is 11.5. The topological polar surface area (TPSA) is 97.3 Å². The highest BCUT2D eigenvalue weighted by Gasteiger charge is 2.28. The van der Waals surface area contributed by atoms with Crippen molar-refractivity contribution in [2.75, 3.05) is 19.6 Å². The number of aromatic nitrogens is 2. The number of hydrogen-bond donors (Lipinski definition) is 2. The Morgan fingerprint density at radius 2 is 2.24 bits per heavy atom. The van der Waals surface area contributed by atoms with Gasteiger partial charge in [-0.05, 0) is 0 Å². The molecule has 1 aromatic heterocycles. The van der Waals surface area contributed by atoms with Crippen molar-refractivity contribution in [3.8, 4) is 11.4 Å². The van der Waals surface area contributed by atoms with Crippen LogP contribution in [0.3, 0.4) is 0 Å². The SMILES string of the molecule is NC(=O)C1CNCCN1Cc1nc(-c2ccccc2)no1. The molecule has 7 nitrogen and oxygen atoms in total. The van der Waals surface area contributed by atoms with Gasteiger partial charge in [0.05, 0.1) is 6.54 Å². The number of nitrogens with one attached hydrogen (secondary N) is 1. The zero-order valence-corrected chi connectivity index (χ0v) is 11.5. The lowest BCUT2D eigenvalue weighted by atomic mass is 10.2. The lowest BCUT2D eigenvalue weighted by molar-refractivity contribution is -0.124. The van der Waals surface area contributed by atoms with Gasteiger partial charge in [-0.3, -0.25) is 9.69 Å². The predicted molar refractivity (Wildman–Crippen MR) is 76.0 cm³/mol. The first-order valence-electron chi connectivity index (χ1n) is 6.86. The van der Waals surface area contributed by atoms with E-state index in [1.165, 1.54) is 0 Å². The second-order valence-electron chi connectivity index (χ2n) is 4.97. The Balaban J connectivity index is 1.73. The Morgan fingerprint density at radius 1 is 1.43 bits per heavy atom. The summed E-state index contributed by atoms with van der Waals surface area (Å²) < 4.78 is 5.27. The van der Waals surface area contributed by atoms with Crippen LogP contribution in [0.15, 0.2) is 34.9 Å². The first-order chi connectivity index (χ1) is 10.2. The highest BCUT2D eigenvalue weighted by Crippen LogP contribution is 2.16. The van der Waals surface area contributed by atoms with E-state index >= 15 is 0 Å². The van der Waals surface area contributed by atoms with Crippen molar-refractivity contribution in [2.24, 2.45) is 5.73 Å². The second-order valence-corrected chi connectivity index (χ2v) is 4.97. The Labute approximate surface area is 122 Å². The monoisotopic (exact) mass is 287 g/mol. The number of primary amides is 1. The van der Waals surface area contributed by atoms with Gasteiger partial charge in [-0.15, -0.1) is 0 Å². The normalized spacial score (nSPS) is 19.5. The summed E-state index contributed by atoms with van der Waals surface area (Å²) in [7, 11) is 0. The smallest absolute Gasteiger partial charge is 0.241 e. The Bertz CT molecular complexity index is 613. The summed E-state index contributed by atoms with van der Waals surface area (Å²) in [5.74, 6) is 0.698. The molecular weight excluding hydrogens is 270 g/mol. The lowest BCUT2D eigenvalue weighted by Gasteiger charge is -2.32. The number of nitrogens with zero attached hydrogens (tertiary/aromatic N) is 3. The molecule has 0 bridgehead atoms. The fourth-order valence-corrected chi connectivity index (χ4v) is 2.41. The van der Waals surface area contributed by atoms with Gasteiger partial charge in [0.15, 0.2) is 0 Å². The number of amides is 1. The van der Waals surface area contributed by atoms with Gasteiger partial charge in [-0.25, -0.2) is 0 Å². The fourth-order valence-electron chi connectivity index (χ4n) is 2.41. The minimum atomic E-state index is -0.343. The number of carbonyl (C=O) groups is 1. The van der Waals surface area contributed by atoms with Gasteiger partial charge < -0.3 is 15.6 Å². The molecule has 0 saturated carbocycles. The third-order valence-corrected chi connectivity index (χ3v) is 3.52. The van der Waals surface area contributed by atoms with E-state index in [9.17, 15) is 4.79 Å². The number of nitrogens with two attached hydrogens (primary N) is 1. The summed E-state index contributed by atoms with van der Waals surface area (Å²) in [6.07, 6.45) is 0. The van der Waals surface area contributed by atoms with Crippen molar-refractivity contribution in [3.63, 3.8) is 0 Å². The highest BCUT2D eigenvalue weighted by molar-refractivity contribution is 5.80. The van der Waals surface area contributed by atoms with E-state index in [0.29, 0.717) is 24.8 Å². The summed E-state index contributed by atoms with van der Waals surface area (Å²) >= 11 is 0. The predicted octanol–water partition coefficient (Wildman–Crippen LogP) is -0.00430. The van der Waals surface area contributed by atoms with Gasteiger partial charge in [0.1, 0.15) is 6.04 Å². The molecule has 0 spiro atoms. The molecule has 0 radical (unpaired) electrons. The van der Waals surface area contributed by atoms with Gasteiger partial charge in [0.25, 0.3) is 0 Å². The molecular formula is C14H17N5O2. The van der Waals surface area contributed by atoms with Gasteiger partial charge in [-0.2, -0.15) is 4.98 Å². The molecule has 1 aliphatic heterocycles. The minimum absolute atomic E-state index is 0.342. The van der Waals surface area contributed by atoms with Gasteiger partial charge in [0.2, 0.25) is 17.6 Å². The molecule has 1 saturated heterocycles. The van der Waals surface area contributed by atoms with Crippen LogP contribution < -0.4 is 11.1 Å². The van der Waals surface area contributed by atoms with Crippen molar-refractivity contribution < 1.29 is 9.32 Å². The van der Waals surface area contributed by atoms with E-state index < -0.39 is 0 Å². The van der Waals surface area contributed by atoms with Crippen LogP contribution in [0.25, 0.3) is 11.4 Å². The molecule has 1 fully saturated rings. The van der Waals surface area contributed by atoms with Gasteiger partial charge >= 0.3 is 0 Å². The number of rotatable bonds is 4. The van der Waals surface area contributed by atoms with E-state index in [-0.39, 0.29) is 11.9 Å². The van der Waals surface area contributed by atoms with E-state index in [1.807, 2.05) is 35.2 Å². The van der Waals surface area contributed by atoms with Crippen molar-refractivity contribution in [2.45, 2.75) is 12.6 Å². The van der Waals surface area contributed by atoms with Crippen LogP contribution >= 0.6 is 0 Å². The number of hydrogen-bond acceptors (Lipinski definition) is 6. The van der Waals surface area contributed by atoms with Crippen LogP contribution in [0.1, 0.15) is 5.89 Å². The Kier molecular flexibility index (Phi) is 3.94. The average Bonchev–Trinajstić information content (AvgIpc) is 2.97. The summed E-state index contributed by atoms with van der Waals surface area (Å²) in [5.41, 5.74) is 6.32. The van der Waals surface area contributed by atoms with E-state index in [4.69, 9.17) is 10.3 Å². The van der Waals surface area contributed by atoms with Gasteiger partial charge in [-0.1, -0.05) is 35.5 Å². The second kappa shape index (κ2) is 6.02. The molecule has 3 rings (SSSR count). The zero-order valence-electron chi connectivity index (χ0n) is 11.5. The minimum Gasteiger partial charge on any atom is -0.368 e. The molecule has 7 heteroatoms. The van der Waals surface area contributed by atoms with Crippen molar-refractivity contribution >= 4 is 5.91 Å². The summed E-state index contributed by atoms with van der Waals surface area (Å²) in [6, 6.07) is 9.28. The quantitative estimate of drug-likeness (QED) is 0.821. The maximum Gasteiger partial charge on any atom is 0.241 e. The van der Waals surface area contributed by atoms with Crippen LogP contribution in [-0.2, 0) is 11.3 Å².